The lowest BCUT2D eigenvalue weighted by atomic mass is 9.80. The maximum absolute atomic E-state index is 13.9. The maximum atomic E-state index is 13.9. The van der Waals surface area contributed by atoms with Crippen molar-refractivity contribution in [3.63, 3.8) is 0 Å². The number of aromatic nitrogens is 2. The summed E-state index contributed by atoms with van der Waals surface area (Å²) in [4.78, 5) is 25.8. The van der Waals surface area contributed by atoms with Crippen LogP contribution in [0.1, 0.15) is 28.5 Å². The monoisotopic (exact) mass is 534 g/mol. The molecule has 0 aliphatic carbocycles. The van der Waals surface area contributed by atoms with Crippen molar-refractivity contribution in [2.45, 2.75) is 28.7 Å². The van der Waals surface area contributed by atoms with E-state index in [4.69, 9.17) is 9.47 Å². The fourth-order valence-corrected chi connectivity index (χ4v) is 6.28. The molecular weight excluding hydrogens is 507 g/mol. The summed E-state index contributed by atoms with van der Waals surface area (Å²) in [6.07, 6.45) is 0.285. The minimum atomic E-state index is -1.07. The van der Waals surface area contributed by atoms with Crippen LogP contribution < -0.4 is 16.0 Å². The molecule has 0 amide bonds. The van der Waals surface area contributed by atoms with Crippen LogP contribution in [0.2, 0.25) is 0 Å². The first-order chi connectivity index (χ1) is 18.4. The van der Waals surface area contributed by atoms with Crippen LogP contribution in [0.4, 0.5) is 4.39 Å². The number of benzene rings is 3. The first-order valence-corrected chi connectivity index (χ1v) is 13.1. The molecule has 1 saturated heterocycles. The van der Waals surface area contributed by atoms with Gasteiger partial charge in [-0.05, 0) is 28.8 Å². The third kappa shape index (κ3) is 4.92. The Bertz CT molecular complexity index is 1450. The number of rotatable bonds is 8. The van der Waals surface area contributed by atoms with Gasteiger partial charge in [0.2, 0.25) is 5.82 Å². The summed E-state index contributed by atoms with van der Waals surface area (Å²) in [5, 5.41) is 9.95. The van der Waals surface area contributed by atoms with Crippen LogP contribution in [0, 0.1) is 5.82 Å². The van der Waals surface area contributed by atoms with Crippen molar-refractivity contribution >= 4 is 11.8 Å². The van der Waals surface area contributed by atoms with Gasteiger partial charge in [0.15, 0.2) is 0 Å². The Labute approximate surface area is 222 Å². The van der Waals surface area contributed by atoms with Gasteiger partial charge in [0.25, 0.3) is 5.56 Å². The van der Waals surface area contributed by atoms with Gasteiger partial charge in [0.05, 0.1) is 36.6 Å². The molecule has 1 fully saturated rings. The number of aliphatic hydroxyl groups is 1. The Kier molecular flexibility index (Phi) is 7.51. The van der Waals surface area contributed by atoms with Crippen molar-refractivity contribution in [2.75, 3.05) is 13.7 Å². The molecule has 3 atom stereocenters. The Morgan fingerprint density at radius 1 is 0.974 bits per heavy atom. The fourth-order valence-electron chi connectivity index (χ4n) is 4.84. The summed E-state index contributed by atoms with van der Waals surface area (Å²) in [6, 6.07) is 27.4. The average Bonchev–Trinajstić information content (AvgIpc) is 3.32. The highest BCUT2D eigenvalue weighted by Gasteiger charge is 2.41. The van der Waals surface area contributed by atoms with Gasteiger partial charge >= 0.3 is 5.69 Å². The SMILES string of the molecule is COc1ccc(C(OC[C@H]2S[C@@H](n3cc(F)c(=O)[nH]c3=O)C[C@@H]2O)(c2ccccc2)c2ccccc2)cc1. The number of aliphatic hydroxyl groups excluding tert-OH is 1. The molecule has 9 heteroatoms. The van der Waals surface area contributed by atoms with E-state index >= 15 is 0 Å². The first kappa shape index (κ1) is 26.0. The number of H-pyrrole nitrogens is 1. The van der Waals surface area contributed by atoms with E-state index in [0.29, 0.717) is 5.75 Å². The van der Waals surface area contributed by atoms with Gasteiger partial charge in [-0.2, -0.15) is 4.39 Å². The molecule has 3 aromatic carbocycles. The van der Waals surface area contributed by atoms with Gasteiger partial charge in [-0.3, -0.25) is 14.3 Å². The van der Waals surface area contributed by atoms with Crippen LogP contribution in [0.25, 0.3) is 0 Å². The molecule has 0 radical (unpaired) electrons. The second kappa shape index (κ2) is 11.0. The molecule has 1 aliphatic rings. The van der Waals surface area contributed by atoms with Crippen molar-refractivity contribution in [2.24, 2.45) is 0 Å². The fraction of sp³-hybridized carbons (Fsp3) is 0.241. The number of halogens is 1. The van der Waals surface area contributed by atoms with Crippen LogP contribution in [0.15, 0.2) is 101 Å². The molecule has 2 heterocycles. The highest BCUT2D eigenvalue weighted by atomic mass is 32.2. The minimum Gasteiger partial charge on any atom is -0.497 e. The molecule has 5 rings (SSSR count). The molecule has 0 unspecified atom stereocenters. The molecule has 2 N–H and O–H groups in total. The molecule has 0 saturated carbocycles. The second-order valence-electron chi connectivity index (χ2n) is 9.03. The minimum absolute atomic E-state index is 0.138. The second-order valence-corrected chi connectivity index (χ2v) is 10.5. The molecule has 7 nitrogen and oxygen atoms in total. The predicted octanol–water partition coefficient (Wildman–Crippen LogP) is 4.06. The Morgan fingerprint density at radius 2 is 1.55 bits per heavy atom. The Balaban J connectivity index is 1.52. The van der Waals surface area contributed by atoms with E-state index in [0.717, 1.165) is 27.5 Å². The molecular formula is C29H27FN2O5S. The van der Waals surface area contributed by atoms with E-state index in [1.165, 1.54) is 11.8 Å². The number of aromatic amines is 1. The molecule has 196 valence electrons. The number of ether oxygens (including phenoxy) is 2. The zero-order valence-electron chi connectivity index (χ0n) is 20.6. The lowest BCUT2D eigenvalue weighted by molar-refractivity contribution is -0.000668. The number of nitrogens with one attached hydrogen (secondary N) is 1. The molecule has 38 heavy (non-hydrogen) atoms. The van der Waals surface area contributed by atoms with Crippen molar-refractivity contribution in [1.29, 1.82) is 0 Å². The molecule has 0 bridgehead atoms. The zero-order valence-corrected chi connectivity index (χ0v) is 21.4. The molecule has 1 aromatic heterocycles. The highest BCUT2D eigenvalue weighted by Crippen LogP contribution is 2.45. The van der Waals surface area contributed by atoms with E-state index in [-0.39, 0.29) is 13.0 Å². The molecule has 1 aliphatic heterocycles. The molecule has 4 aromatic rings. The number of nitrogens with zero attached hydrogens (tertiary/aromatic N) is 1. The van der Waals surface area contributed by atoms with Crippen LogP contribution in [-0.4, -0.2) is 39.7 Å². The first-order valence-electron chi connectivity index (χ1n) is 12.2. The van der Waals surface area contributed by atoms with Gasteiger partial charge in [0.1, 0.15) is 11.4 Å². The van der Waals surface area contributed by atoms with Crippen molar-refractivity contribution in [3.8, 4) is 5.75 Å². The summed E-state index contributed by atoms with van der Waals surface area (Å²) in [7, 11) is 1.61. The average molecular weight is 535 g/mol. The number of hydrogen-bond donors (Lipinski definition) is 2. The number of hydrogen-bond acceptors (Lipinski definition) is 6. The van der Waals surface area contributed by atoms with Crippen LogP contribution in [0.3, 0.4) is 0 Å². The maximum Gasteiger partial charge on any atom is 0.329 e. The summed E-state index contributed by atoms with van der Waals surface area (Å²) < 4.78 is 27.2. The van der Waals surface area contributed by atoms with E-state index in [2.05, 4.69) is 0 Å². The smallest absolute Gasteiger partial charge is 0.329 e. The van der Waals surface area contributed by atoms with Crippen molar-refractivity contribution in [3.05, 3.63) is 134 Å². The number of methoxy groups -OCH3 is 1. The predicted molar refractivity (Wildman–Crippen MR) is 144 cm³/mol. The third-order valence-electron chi connectivity index (χ3n) is 6.76. The third-order valence-corrected chi connectivity index (χ3v) is 8.29. The lowest BCUT2D eigenvalue weighted by Crippen LogP contribution is -2.36. The lowest BCUT2D eigenvalue weighted by Gasteiger charge is -2.37. The van der Waals surface area contributed by atoms with Crippen LogP contribution >= 0.6 is 11.8 Å². The van der Waals surface area contributed by atoms with Gasteiger partial charge in [0, 0.05) is 6.42 Å². The van der Waals surface area contributed by atoms with Crippen molar-refractivity contribution < 1.29 is 19.0 Å². The van der Waals surface area contributed by atoms with E-state index in [9.17, 15) is 19.1 Å². The van der Waals surface area contributed by atoms with Crippen LogP contribution in [-0.2, 0) is 10.3 Å². The van der Waals surface area contributed by atoms with Crippen molar-refractivity contribution in [1.82, 2.24) is 9.55 Å². The summed E-state index contributed by atoms with van der Waals surface area (Å²) in [5.41, 5.74) is -0.0977. The highest BCUT2D eigenvalue weighted by molar-refractivity contribution is 8.00. The summed E-state index contributed by atoms with van der Waals surface area (Å²) >= 11 is 1.31. The summed E-state index contributed by atoms with van der Waals surface area (Å²) in [5.74, 6) is -0.335. The van der Waals surface area contributed by atoms with E-state index in [1.54, 1.807) is 7.11 Å². The van der Waals surface area contributed by atoms with Crippen LogP contribution in [0.5, 0.6) is 5.75 Å². The quantitative estimate of drug-likeness (QED) is 0.331. The Hall–Kier alpha value is -3.66. The largest absolute Gasteiger partial charge is 0.497 e. The zero-order chi connectivity index (χ0) is 26.7. The van der Waals surface area contributed by atoms with Gasteiger partial charge in [-0.15, -0.1) is 11.8 Å². The topological polar surface area (TPSA) is 93.5 Å². The van der Waals surface area contributed by atoms with E-state index in [1.807, 2.05) is 89.9 Å². The van der Waals surface area contributed by atoms with E-state index < -0.39 is 39.4 Å². The van der Waals surface area contributed by atoms with Gasteiger partial charge in [-0.1, -0.05) is 72.8 Å². The van der Waals surface area contributed by atoms with Gasteiger partial charge < -0.3 is 14.6 Å². The van der Waals surface area contributed by atoms with Gasteiger partial charge in [-0.25, -0.2) is 4.79 Å². The number of thioether (sulfide) groups is 1. The summed E-state index contributed by atoms with van der Waals surface area (Å²) in [6.45, 7) is 0.138. The standard InChI is InChI=1S/C29H27FN2O5S/c1-36-22-14-12-21(13-15-22)29(19-8-4-2-5-9-19,20-10-6-3-7-11-20)37-18-25-24(33)16-26(38-25)32-17-23(30)27(34)31-28(32)35/h2-15,17,24-26,33H,16,18H2,1H3,(H,31,34,35)/t24-,25+,26+/m0/s1. The normalized spacial score (nSPS) is 19.4. The molecule has 0 spiro atoms. The Morgan fingerprint density at radius 3 is 2.13 bits per heavy atom.